The Labute approximate surface area is 118 Å². The second kappa shape index (κ2) is 6.80. The molecule has 2 heterocycles. The molecule has 4 nitrogen and oxygen atoms in total. The number of hydrogen-bond acceptors (Lipinski definition) is 3. The Morgan fingerprint density at radius 2 is 2.00 bits per heavy atom. The van der Waals surface area contributed by atoms with Gasteiger partial charge in [-0.15, -0.1) is 0 Å². The normalized spacial score (nSPS) is 17.8. The number of likely N-dealkylation sites (tertiary alicyclic amines) is 1. The SMILES string of the molecule is C[C@@H](Sc1cccc[n+]1[O-])C(=O)N1CCCCCC1. The second-order valence-electron chi connectivity index (χ2n) is 4.86. The first-order valence-electron chi connectivity index (χ1n) is 6.82. The van der Waals surface area contributed by atoms with E-state index in [1.165, 1.54) is 30.8 Å². The minimum Gasteiger partial charge on any atom is -0.618 e. The van der Waals surface area contributed by atoms with Crippen LogP contribution in [0.3, 0.4) is 0 Å². The number of nitrogens with zero attached hydrogens (tertiary/aromatic N) is 2. The van der Waals surface area contributed by atoms with Crippen LogP contribution < -0.4 is 4.73 Å². The van der Waals surface area contributed by atoms with Crippen molar-refractivity contribution in [3.05, 3.63) is 29.6 Å². The van der Waals surface area contributed by atoms with Crippen LogP contribution in [0.25, 0.3) is 0 Å². The van der Waals surface area contributed by atoms with Crippen molar-refractivity contribution in [1.82, 2.24) is 4.90 Å². The van der Waals surface area contributed by atoms with Crippen LogP contribution in [0.1, 0.15) is 32.6 Å². The van der Waals surface area contributed by atoms with Crippen LogP contribution in [0, 0.1) is 5.21 Å². The van der Waals surface area contributed by atoms with Gasteiger partial charge in [-0.2, -0.15) is 4.73 Å². The van der Waals surface area contributed by atoms with E-state index in [4.69, 9.17) is 0 Å². The van der Waals surface area contributed by atoms with E-state index in [0.29, 0.717) is 5.03 Å². The zero-order chi connectivity index (χ0) is 13.7. The minimum atomic E-state index is -0.208. The summed E-state index contributed by atoms with van der Waals surface area (Å²) in [4.78, 5) is 14.3. The minimum absolute atomic E-state index is 0.149. The maximum absolute atomic E-state index is 12.4. The molecule has 5 heteroatoms. The fraction of sp³-hybridized carbons (Fsp3) is 0.571. The molecule has 1 atom stereocenters. The first-order chi connectivity index (χ1) is 9.18. The summed E-state index contributed by atoms with van der Waals surface area (Å²) in [6.07, 6.45) is 6.08. The molecule has 1 aliphatic heterocycles. The molecule has 2 rings (SSSR count). The van der Waals surface area contributed by atoms with Crippen molar-refractivity contribution in [2.45, 2.75) is 42.9 Å². The van der Waals surface area contributed by atoms with Crippen LogP contribution in [0.5, 0.6) is 0 Å². The lowest BCUT2D eigenvalue weighted by Gasteiger charge is -2.23. The van der Waals surface area contributed by atoms with Crippen molar-refractivity contribution >= 4 is 17.7 Å². The molecular formula is C14H20N2O2S. The maximum Gasteiger partial charge on any atom is 0.252 e. The molecule has 1 fully saturated rings. The maximum atomic E-state index is 12.4. The van der Waals surface area contributed by atoms with E-state index in [0.717, 1.165) is 30.7 Å². The average Bonchev–Trinajstić information content (AvgIpc) is 2.69. The van der Waals surface area contributed by atoms with Gasteiger partial charge in [0.25, 0.3) is 5.03 Å². The van der Waals surface area contributed by atoms with Crippen molar-refractivity contribution in [2.24, 2.45) is 0 Å². The van der Waals surface area contributed by atoms with Gasteiger partial charge in [-0.25, -0.2) is 0 Å². The Kier molecular flexibility index (Phi) is 5.07. The van der Waals surface area contributed by atoms with Crippen LogP contribution in [0.2, 0.25) is 0 Å². The fourth-order valence-electron chi connectivity index (χ4n) is 2.28. The molecule has 0 bridgehead atoms. The van der Waals surface area contributed by atoms with Gasteiger partial charge in [0.2, 0.25) is 5.91 Å². The topological polar surface area (TPSA) is 47.2 Å². The molecule has 1 aromatic heterocycles. The summed E-state index contributed by atoms with van der Waals surface area (Å²) in [7, 11) is 0. The third-order valence-corrected chi connectivity index (χ3v) is 4.46. The predicted molar refractivity (Wildman–Crippen MR) is 75.8 cm³/mol. The third kappa shape index (κ3) is 3.86. The van der Waals surface area contributed by atoms with Crippen LogP contribution in [0.15, 0.2) is 29.4 Å². The summed E-state index contributed by atoms with van der Waals surface area (Å²) < 4.78 is 0.816. The lowest BCUT2D eigenvalue weighted by atomic mass is 10.2. The van der Waals surface area contributed by atoms with Gasteiger partial charge in [0.05, 0.1) is 5.25 Å². The van der Waals surface area contributed by atoms with Gasteiger partial charge in [0.15, 0.2) is 6.20 Å². The van der Waals surface area contributed by atoms with Gasteiger partial charge in [0.1, 0.15) is 0 Å². The van der Waals surface area contributed by atoms with E-state index < -0.39 is 0 Å². The summed E-state index contributed by atoms with van der Waals surface area (Å²) in [5.41, 5.74) is 0. The van der Waals surface area contributed by atoms with Gasteiger partial charge >= 0.3 is 0 Å². The van der Waals surface area contributed by atoms with E-state index in [1.54, 1.807) is 12.1 Å². The van der Waals surface area contributed by atoms with Crippen molar-refractivity contribution in [3.63, 3.8) is 0 Å². The van der Waals surface area contributed by atoms with Crippen molar-refractivity contribution in [1.29, 1.82) is 0 Å². The number of pyridine rings is 1. The number of amides is 1. The lowest BCUT2D eigenvalue weighted by molar-refractivity contribution is -0.645. The molecule has 0 radical (unpaired) electrons. The first kappa shape index (κ1) is 14.2. The Morgan fingerprint density at radius 3 is 2.63 bits per heavy atom. The summed E-state index contributed by atoms with van der Waals surface area (Å²) in [5.74, 6) is 0.149. The molecule has 1 saturated heterocycles. The third-order valence-electron chi connectivity index (χ3n) is 3.35. The quantitative estimate of drug-likeness (QED) is 0.484. The van der Waals surface area contributed by atoms with Gasteiger partial charge < -0.3 is 10.1 Å². The number of aromatic nitrogens is 1. The highest BCUT2D eigenvalue weighted by Crippen LogP contribution is 2.22. The molecule has 1 aromatic rings. The van der Waals surface area contributed by atoms with E-state index in [9.17, 15) is 10.0 Å². The molecule has 0 saturated carbocycles. The number of carbonyl (C=O) groups excluding carboxylic acids is 1. The molecule has 104 valence electrons. The summed E-state index contributed by atoms with van der Waals surface area (Å²) >= 11 is 1.34. The van der Waals surface area contributed by atoms with Gasteiger partial charge in [-0.1, -0.05) is 12.8 Å². The van der Waals surface area contributed by atoms with Crippen LogP contribution in [-0.4, -0.2) is 29.1 Å². The van der Waals surface area contributed by atoms with E-state index in [2.05, 4.69) is 0 Å². The van der Waals surface area contributed by atoms with Crippen molar-refractivity contribution in [2.75, 3.05) is 13.1 Å². The summed E-state index contributed by atoms with van der Waals surface area (Å²) in [5, 5.41) is 12.0. The van der Waals surface area contributed by atoms with Crippen LogP contribution >= 0.6 is 11.8 Å². The van der Waals surface area contributed by atoms with Gasteiger partial charge in [-0.3, -0.25) is 4.79 Å². The number of hydrogen-bond donors (Lipinski definition) is 0. The predicted octanol–water partition coefficient (Wildman–Crippen LogP) is 2.20. The highest BCUT2D eigenvalue weighted by atomic mass is 32.2. The van der Waals surface area contributed by atoms with Crippen molar-refractivity contribution in [3.8, 4) is 0 Å². The number of thioether (sulfide) groups is 1. The van der Waals surface area contributed by atoms with Crippen molar-refractivity contribution < 1.29 is 9.52 Å². The molecule has 1 amide bonds. The van der Waals surface area contributed by atoms with Crippen LogP contribution in [0.4, 0.5) is 0 Å². The molecule has 0 aromatic carbocycles. The van der Waals surface area contributed by atoms with Gasteiger partial charge in [-0.05, 0) is 37.6 Å². The Bertz CT molecular complexity index is 431. The summed E-state index contributed by atoms with van der Waals surface area (Å²) in [6, 6.07) is 5.27. The molecular weight excluding hydrogens is 260 g/mol. The monoisotopic (exact) mass is 280 g/mol. The second-order valence-corrected chi connectivity index (χ2v) is 6.23. The smallest absolute Gasteiger partial charge is 0.252 e. The van der Waals surface area contributed by atoms with Gasteiger partial charge in [0, 0.05) is 25.2 Å². The fourth-order valence-corrected chi connectivity index (χ4v) is 3.22. The Hall–Kier alpha value is -1.23. The lowest BCUT2D eigenvalue weighted by Crippen LogP contribution is -2.38. The Morgan fingerprint density at radius 1 is 1.32 bits per heavy atom. The molecule has 1 aliphatic rings. The van der Waals surface area contributed by atoms with E-state index in [1.807, 2.05) is 17.9 Å². The number of rotatable bonds is 3. The zero-order valence-corrected chi connectivity index (χ0v) is 12.1. The zero-order valence-electron chi connectivity index (χ0n) is 11.2. The molecule has 0 N–H and O–H groups in total. The highest BCUT2D eigenvalue weighted by molar-refractivity contribution is 8.00. The molecule has 0 unspecified atom stereocenters. The molecule has 0 aliphatic carbocycles. The van der Waals surface area contributed by atoms with Crippen LogP contribution in [-0.2, 0) is 4.79 Å². The standard InChI is InChI=1S/C14H20N2O2S/c1-12(19-13-8-4-7-11-16(13)18)14(17)15-9-5-2-3-6-10-15/h4,7-8,11-12H,2-3,5-6,9-10H2,1H3/t12-/m1/s1. The van der Waals surface area contributed by atoms with E-state index in [-0.39, 0.29) is 11.2 Å². The number of carbonyl (C=O) groups is 1. The average molecular weight is 280 g/mol. The Balaban J connectivity index is 1.97. The summed E-state index contributed by atoms with van der Waals surface area (Å²) in [6.45, 7) is 3.59. The first-order valence-corrected chi connectivity index (χ1v) is 7.70. The highest BCUT2D eigenvalue weighted by Gasteiger charge is 2.24. The molecule has 0 spiro atoms. The van der Waals surface area contributed by atoms with E-state index >= 15 is 0 Å². The molecule has 19 heavy (non-hydrogen) atoms. The largest absolute Gasteiger partial charge is 0.618 e.